The summed E-state index contributed by atoms with van der Waals surface area (Å²) in [6, 6.07) is 18.7. The Morgan fingerprint density at radius 3 is 1.76 bits per heavy atom. The average Bonchev–Trinajstić information content (AvgIpc) is 2.83. The van der Waals surface area contributed by atoms with Crippen molar-refractivity contribution in [1.29, 1.82) is 0 Å². The van der Waals surface area contributed by atoms with Crippen LogP contribution in [-0.2, 0) is 19.3 Å². The van der Waals surface area contributed by atoms with Crippen LogP contribution in [-0.4, -0.2) is 20.7 Å². The Labute approximate surface area is 254 Å². The normalized spacial score (nSPS) is 13.5. The minimum atomic E-state index is 0.104. The van der Waals surface area contributed by atoms with Gasteiger partial charge in [-0.15, -0.1) is 0 Å². The maximum atomic E-state index is 7.05. The van der Waals surface area contributed by atoms with Gasteiger partial charge in [-0.3, -0.25) is 4.98 Å². The van der Waals surface area contributed by atoms with Crippen LogP contribution in [0, 0.1) is 16.2 Å². The van der Waals surface area contributed by atoms with E-state index in [1.54, 1.807) is 0 Å². The molecule has 0 atom stereocenters. The molecule has 2 nitrogen and oxygen atoms in total. The fraction of sp³-hybridized carbons (Fsp3) is 0.395. The van der Waals surface area contributed by atoms with Crippen LogP contribution in [0.5, 0.6) is 11.5 Å². The molecular formula is C38H45B2NO. The van der Waals surface area contributed by atoms with Crippen molar-refractivity contribution in [1.82, 2.24) is 4.98 Å². The Hall–Kier alpha value is -3.26. The van der Waals surface area contributed by atoms with Gasteiger partial charge in [0.15, 0.2) is 7.85 Å². The van der Waals surface area contributed by atoms with Crippen molar-refractivity contribution in [3.05, 3.63) is 65.2 Å². The first-order valence-electron chi connectivity index (χ1n) is 15.6. The van der Waals surface area contributed by atoms with Crippen LogP contribution in [0.3, 0.4) is 0 Å². The van der Waals surface area contributed by atoms with Gasteiger partial charge in [0.25, 0.3) is 0 Å². The second kappa shape index (κ2) is 9.63. The summed E-state index contributed by atoms with van der Waals surface area (Å²) in [6.07, 6.45) is 3.01. The number of aromatic nitrogens is 1. The molecule has 0 saturated heterocycles. The molecule has 1 aromatic heterocycles. The Morgan fingerprint density at radius 1 is 0.643 bits per heavy atom. The lowest BCUT2D eigenvalue weighted by molar-refractivity contribution is 0.400. The summed E-state index contributed by atoms with van der Waals surface area (Å²) in [5.41, 5.74) is 9.10. The van der Waals surface area contributed by atoms with Gasteiger partial charge in [-0.05, 0) is 91.3 Å². The first-order valence-corrected chi connectivity index (χ1v) is 15.6. The first-order chi connectivity index (χ1) is 19.5. The maximum Gasteiger partial charge on any atom is 0.163 e. The lowest BCUT2D eigenvalue weighted by Gasteiger charge is -2.29. The van der Waals surface area contributed by atoms with Crippen LogP contribution >= 0.6 is 0 Å². The van der Waals surface area contributed by atoms with Gasteiger partial charge in [0, 0.05) is 11.1 Å². The molecule has 1 aliphatic rings. The molecule has 0 radical (unpaired) electrons. The first kappa shape index (κ1) is 28.8. The Bertz CT molecular complexity index is 1900. The highest BCUT2D eigenvalue weighted by Gasteiger charge is 2.30. The zero-order chi connectivity index (χ0) is 30.4. The van der Waals surface area contributed by atoms with Gasteiger partial charge >= 0.3 is 0 Å². The molecule has 42 heavy (non-hydrogen) atoms. The number of ether oxygens (including phenoxy) is 1. The number of hydrogen-bond donors (Lipinski definition) is 0. The fourth-order valence-corrected chi connectivity index (χ4v) is 6.88. The Kier molecular flexibility index (Phi) is 6.61. The smallest absolute Gasteiger partial charge is 0.163 e. The number of rotatable bonds is 3. The summed E-state index contributed by atoms with van der Waals surface area (Å²) in [4.78, 5) is 5.29. The van der Waals surface area contributed by atoms with E-state index in [2.05, 4.69) is 127 Å². The standard InChI is InChI=1S/C38H45B2NO/c1-36(2,3)18-21-10-12-25-23(14-21)16-27-33-31-29(42-34(27)28(25)20-38(7,8)9)17-24-15-22(19-37(4,5)6)11-13-26(24)30(31)32(39)35(40)41-33/h10-17H,18-20,39-40H2,1-9H3. The summed E-state index contributed by atoms with van der Waals surface area (Å²) in [6.45, 7) is 20.8. The van der Waals surface area contributed by atoms with Crippen LogP contribution in [0.1, 0.15) is 79.0 Å². The van der Waals surface area contributed by atoms with Crippen molar-refractivity contribution >= 4 is 59.1 Å². The molecule has 5 aromatic rings. The summed E-state index contributed by atoms with van der Waals surface area (Å²) in [7, 11) is 4.37. The quantitative estimate of drug-likeness (QED) is 0.166. The van der Waals surface area contributed by atoms with Crippen molar-refractivity contribution in [2.75, 3.05) is 0 Å². The van der Waals surface area contributed by atoms with E-state index < -0.39 is 0 Å². The molecule has 4 heteroatoms. The summed E-state index contributed by atoms with van der Waals surface area (Å²) in [5, 5.41) is 7.52. The van der Waals surface area contributed by atoms with Gasteiger partial charge < -0.3 is 4.74 Å². The lowest BCUT2D eigenvalue weighted by atomic mass is 9.77. The molecule has 0 amide bonds. The molecule has 0 spiro atoms. The van der Waals surface area contributed by atoms with E-state index in [1.807, 2.05) is 0 Å². The highest BCUT2D eigenvalue weighted by Crippen LogP contribution is 2.51. The summed E-state index contributed by atoms with van der Waals surface area (Å²) in [5.74, 6) is 1.91. The number of benzene rings is 4. The highest BCUT2D eigenvalue weighted by molar-refractivity contribution is 6.54. The third-order valence-corrected chi connectivity index (χ3v) is 8.51. The Morgan fingerprint density at radius 2 is 1.19 bits per heavy atom. The van der Waals surface area contributed by atoms with E-state index in [4.69, 9.17) is 9.72 Å². The van der Waals surface area contributed by atoms with E-state index in [-0.39, 0.29) is 16.2 Å². The molecular weight excluding hydrogens is 508 g/mol. The van der Waals surface area contributed by atoms with E-state index in [0.717, 1.165) is 53.0 Å². The zero-order valence-electron chi connectivity index (χ0n) is 27.6. The third kappa shape index (κ3) is 5.34. The van der Waals surface area contributed by atoms with Crippen molar-refractivity contribution in [2.45, 2.75) is 81.6 Å². The van der Waals surface area contributed by atoms with Crippen LogP contribution in [0.25, 0.3) is 43.6 Å². The van der Waals surface area contributed by atoms with Crippen LogP contribution in [0.15, 0.2) is 48.5 Å². The molecule has 0 N–H and O–H groups in total. The average molecular weight is 553 g/mol. The molecule has 214 valence electrons. The van der Waals surface area contributed by atoms with Crippen LogP contribution in [0.4, 0.5) is 0 Å². The van der Waals surface area contributed by atoms with Gasteiger partial charge in [-0.2, -0.15) is 0 Å². The molecule has 0 fully saturated rings. The molecule has 0 bridgehead atoms. The number of fused-ring (bicyclic) bond motifs is 5. The summed E-state index contributed by atoms with van der Waals surface area (Å²) >= 11 is 0. The zero-order valence-corrected chi connectivity index (χ0v) is 27.6. The number of nitrogens with zero attached hydrogens (tertiary/aromatic N) is 1. The van der Waals surface area contributed by atoms with E-state index >= 15 is 0 Å². The van der Waals surface area contributed by atoms with E-state index in [9.17, 15) is 0 Å². The SMILES string of the molecule is Bc1nc2c3c(cc4cc(CC(C)(C)C)ccc4c3c1B)Oc1c-2cc2cc(CC(C)(C)C)ccc2c1CC(C)(C)C. The molecule has 0 aliphatic carbocycles. The van der Waals surface area contributed by atoms with Gasteiger partial charge in [-0.25, -0.2) is 0 Å². The predicted molar refractivity (Wildman–Crippen MR) is 188 cm³/mol. The van der Waals surface area contributed by atoms with Crippen LogP contribution in [0.2, 0.25) is 0 Å². The molecule has 4 aromatic carbocycles. The lowest BCUT2D eigenvalue weighted by Crippen LogP contribution is -2.31. The van der Waals surface area contributed by atoms with Gasteiger partial charge in [0.2, 0.25) is 0 Å². The molecule has 0 saturated carbocycles. The van der Waals surface area contributed by atoms with Gasteiger partial charge in [-0.1, -0.05) is 104 Å². The second-order valence-corrected chi connectivity index (χ2v) is 16.5. The molecule has 6 rings (SSSR count). The largest absolute Gasteiger partial charge is 0.456 e. The van der Waals surface area contributed by atoms with Crippen molar-refractivity contribution in [3.63, 3.8) is 0 Å². The van der Waals surface area contributed by atoms with Gasteiger partial charge in [0.1, 0.15) is 19.3 Å². The monoisotopic (exact) mass is 553 g/mol. The second-order valence-electron chi connectivity index (χ2n) is 16.5. The predicted octanol–water partition coefficient (Wildman–Crippen LogP) is 7.60. The molecule has 0 unspecified atom stereocenters. The number of hydrogen-bond acceptors (Lipinski definition) is 2. The van der Waals surface area contributed by atoms with Crippen LogP contribution < -0.4 is 15.8 Å². The third-order valence-electron chi connectivity index (χ3n) is 8.51. The fourth-order valence-electron chi connectivity index (χ4n) is 6.88. The van der Waals surface area contributed by atoms with E-state index in [0.29, 0.717) is 0 Å². The molecule has 1 aliphatic heterocycles. The topological polar surface area (TPSA) is 22.1 Å². The minimum absolute atomic E-state index is 0.104. The number of pyridine rings is 1. The van der Waals surface area contributed by atoms with Crippen molar-refractivity contribution in [3.8, 4) is 22.8 Å². The maximum absolute atomic E-state index is 7.05. The van der Waals surface area contributed by atoms with E-state index in [1.165, 1.54) is 49.1 Å². The summed E-state index contributed by atoms with van der Waals surface area (Å²) < 4.78 is 7.05. The van der Waals surface area contributed by atoms with Crippen molar-refractivity contribution < 1.29 is 4.74 Å². The van der Waals surface area contributed by atoms with Gasteiger partial charge in [0.05, 0.1) is 11.1 Å². The van der Waals surface area contributed by atoms with Crippen molar-refractivity contribution in [2.24, 2.45) is 16.2 Å². The molecule has 2 heterocycles. The minimum Gasteiger partial charge on any atom is -0.456 e. The Balaban J connectivity index is 1.67. The highest BCUT2D eigenvalue weighted by atomic mass is 16.5.